The zero-order valence-corrected chi connectivity index (χ0v) is 25.4. The second-order valence-electron chi connectivity index (χ2n) is 10.9. The highest BCUT2D eigenvalue weighted by atomic mass is 35.5. The van der Waals surface area contributed by atoms with Crippen molar-refractivity contribution in [2.75, 3.05) is 30.1 Å². The van der Waals surface area contributed by atoms with Crippen molar-refractivity contribution >= 4 is 60.6 Å². The van der Waals surface area contributed by atoms with Gasteiger partial charge in [-0.1, -0.05) is 23.7 Å². The van der Waals surface area contributed by atoms with E-state index in [0.717, 1.165) is 11.3 Å². The number of pyridine rings is 1. The van der Waals surface area contributed by atoms with Gasteiger partial charge in [0.2, 0.25) is 0 Å². The van der Waals surface area contributed by atoms with Crippen LogP contribution in [-0.2, 0) is 0 Å². The molecule has 0 radical (unpaired) electrons. The molecule has 4 unspecified atom stereocenters. The largest absolute Gasteiger partial charge is 0.489 e. The zero-order valence-electron chi connectivity index (χ0n) is 23.8. The first-order valence-electron chi connectivity index (χ1n) is 13.9. The molecular weight excluding hydrogens is 622 g/mol. The number of thiophene rings is 1. The van der Waals surface area contributed by atoms with Gasteiger partial charge in [-0.25, -0.2) is 13.8 Å². The topological polar surface area (TPSA) is 160 Å². The third kappa shape index (κ3) is 4.26. The quantitative estimate of drug-likeness (QED) is 0.220. The SMILES string of the molecule is COc1nc2c3c(c(Cl)c(-c4ccc(F)c5sc(N)c(C#N)c45)c(F)c3n1)OCC(C1CC1C#N)N2C(C)c1cccnc1N. The van der Waals surface area contributed by atoms with Crippen LogP contribution >= 0.6 is 22.9 Å². The minimum absolute atomic E-state index is 0.0122. The van der Waals surface area contributed by atoms with E-state index in [1.807, 2.05) is 24.0 Å². The predicted octanol–water partition coefficient (Wildman–Crippen LogP) is 6.37. The molecule has 1 aliphatic carbocycles. The first kappa shape index (κ1) is 28.8. The smallest absolute Gasteiger partial charge is 0.318 e. The first-order chi connectivity index (χ1) is 21.7. The van der Waals surface area contributed by atoms with E-state index in [-0.39, 0.29) is 83.7 Å². The van der Waals surface area contributed by atoms with Gasteiger partial charge in [0.05, 0.1) is 51.9 Å². The van der Waals surface area contributed by atoms with E-state index in [9.17, 15) is 14.9 Å². The lowest BCUT2D eigenvalue weighted by molar-refractivity contribution is 0.266. The number of halogens is 3. The van der Waals surface area contributed by atoms with E-state index in [0.29, 0.717) is 17.8 Å². The van der Waals surface area contributed by atoms with Gasteiger partial charge in [0.25, 0.3) is 0 Å². The molecule has 45 heavy (non-hydrogen) atoms. The number of hydrogen-bond donors (Lipinski definition) is 2. The van der Waals surface area contributed by atoms with Gasteiger partial charge >= 0.3 is 6.01 Å². The summed E-state index contributed by atoms with van der Waals surface area (Å²) in [5.41, 5.74) is 12.9. The molecule has 10 nitrogen and oxygen atoms in total. The van der Waals surface area contributed by atoms with Gasteiger partial charge in [-0.15, -0.1) is 11.3 Å². The van der Waals surface area contributed by atoms with Gasteiger partial charge in [0.15, 0.2) is 11.6 Å². The number of nitrogens with two attached hydrogens (primary N) is 2. The number of ether oxygens (including phenoxy) is 2. The third-order valence-electron chi connectivity index (χ3n) is 8.56. The molecule has 4 N–H and O–H groups in total. The molecule has 226 valence electrons. The lowest BCUT2D eigenvalue weighted by atomic mass is 9.96. The fourth-order valence-corrected chi connectivity index (χ4v) is 7.60. The Hall–Kier alpha value is -4.98. The fraction of sp³-hybridized carbons (Fsp3) is 0.258. The summed E-state index contributed by atoms with van der Waals surface area (Å²) >= 11 is 7.93. The highest BCUT2D eigenvalue weighted by molar-refractivity contribution is 7.23. The van der Waals surface area contributed by atoms with Gasteiger partial charge in [-0.2, -0.15) is 20.5 Å². The molecule has 0 amide bonds. The van der Waals surface area contributed by atoms with Crippen molar-refractivity contribution < 1.29 is 18.3 Å². The summed E-state index contributed by atoms with van der Waals surface area (Å²) in [5, 5.41) is 19.9. The van der Waals surface area contributed by atoms with E-state index in [1.54, 1.807) is 12.3 Å². The van der Waals surface area contributed by atoms with Crippen molar-refractivity contribution in [1.29, 1.82) is 10.5 Å². The van der Waals surface area contributed by atoms with Crippen LogP contribution in [0.15, 0.2) is 30.5 Å². The standard InChI is InChI=1S/C31H23ClF2N8O2S/c1-12(14-4-3-7-39-28(14)37)42-19(16-8-13(16)9-35)11-44-26-22-25(40-31(43-2)41-30(22)42)24(34)21(23(26)32)15-5-6-18(33)27-20(15)17(10-36)29(38)45-27/h3-7,12-13,16,19H,8,11,38H2,1-2H3,(H2,37,39). The van der Waals surface area contributed by atoms with Crippen LogP contribution in [-0.4, -0.2) is 34.7 Å². The summed E-state index contributed by atoms with van der Waals surface area (Å²) in [5.74, 6) is -1.07. The van der Waals surface area contributed by atoms with Gasteiger partial charge in [-0.05, 0) is 37.0 Å². The monoisotopic (exact) mass is 644 g/mol. The lowest BCUT2D eigenvalue weighted by Crippen LogP contribution is -2.43. The Labute approximate surface area is 264 Å². The van der Waals surface area contributed by atoms with Crippen LogP contribution < -0.4 is 25.8 Å². The van der Waals surface area contributed by atoms with Crippen LogP contribution in [0.5, 0.6) is 11.8 Å². The molecule has 1 saturated carbocycles. The highest BCUT2D eigenvalue weighted by Crippen LogP contribution is 2.54. The summed E-state index contributed by atoms with van der Waals surface area (Å²) < 4.78 is 43.8. The van der Waals surface area contributed by atoms with Crippen molar-refractivity contribution in [3.8, 4) is 35.0 Å². The number of rotatable bonds is 5. The molecule has 5 aromatic rings. The molecule has 3 aromatic heterocycles. The van der Waals surface area contributed by atoms with Crippen LogP contribution in [0.3, 0.4) is 0 Å². The molecule has 1 fully saturated rings. The number of aromatic nitrogens is 3. The maximum atomic E-state index is 17.0. The molecule has 7 rings (SSSR count). The minimum atomic E-state index is -0.848. The fourth-order valence-electron chi connectivity index (χ4n) is 6.32. The molecular formula is C31H23ClF2N8O2S. The summed E-state index contributed by atoms with van der Waals surface area (Å²) in [6.45, 7) is 1.99. The molecule has 2 aromatic carbocycles. The number of anilines is 3. The third-order valence-corrected chi connectivity index (χ3v) is 9.95. The van der Waals surface area contributed by atoms with Crippen LogP contribution in [0.25, 0.3) is 32.1 Å². The lowest BCUT2D eigenvalue weighted by Gasteiger charge is -2.37. The summed E-state index contributed by atoms with van der Waals surface area (Å²) in [7, 11) is 1.37. The zero-order chi connectivity index (χ0) is 31.7. The van der Waals surface area contributed by atoms with Gasteiger partial charge in [-0.3, -0.25) is 0 Å². The van der Waals surface area contributed by atoms with E-state index in [4.69, 9.17) is 37.5 Å². The van der Waals surface area contributed by atoms with E-state index in [1.165, 1.54) is 19.2 Å². The summed E-state index contributed by atoms with van der Waals surface area (Å²) in [4.78, 5) is 15.3. The Bertz CT molecular complexity index is 2150. The highest BCUT2D eigenvalue weighted by Gasteiger charge is 2.49. The van der Waals surface area contributed by atoms with Crippen LogP contribution in [0.4, 0.5) is 25.4 Å². The maximum Gasteiger partial charge on any atom is 0.318 e. The Morgan fingerprint density at radius 3 is 2.69 bits per heavy atom. The van der Waals surface area contributed by atoms with Crippen molar-refractivity contribution in [1.82, 2.24) is 15.0 Å². The van der Waals surface area contributed by atoms with Crippen LogP contribution in [0.2, 0.25) is 5.02 Å². The second kappa shape index (κ2) is 10.6. The number of benzene rings is 2. The molecule has 0 saturated heterocycles. The second-order valence-corrected chi connectivity index (χ2v) is 12.3. The minimum Gasteiger partial charge on any atom is -0.489 e. The summed E-state index contributed by atoms with van der Waals surface area (Å²) in [6, 6.07) is 9.51. The molecule has 4 heterocycles. The van der Waals surface area contributed by atoms with Crippen molar-refractivity contribution in [3.05, 3.63) is 58.2 Å². The van der Waals surface area contributed by atoms with Gasteiger partial charge < -0.3 is 25.8 Å². The van der Waals surface area contributed by atoms with E-state index in [2.05, 4.69) is 16.0 Å². The Morgan fingerprint density at radius 2 is 2.00 bits per heavy atom. The van der Waals surface area contributed by atoms with Crippen molar-refractivity contribution in [3.63, 3.8) is 0 Å². The molecule has 4 atom stereocenters. The number of hydrogen-bond acceptors (Lipinski definition) is 11. The number of fused-ring (bicyclic) bond motifs is 1. The number of nitrogen functional groups attached to an aromatic ring is 2. The molecule has 2 aliphatic rings. The maximum absolute atomic E-state index is 17.0. The number of methoxy groups -OCH3 is 1. The number of nitriles is 2. The predicted molar refractivity (Wildman–Crippen MR) is 167 cm³/mol. The van der Waals surface area contributed by atoms with E-state index < -0.39 is 23.7 Å². The summed E-state index contributed by atoms with van der Waals surface area (Å²) in [6.07, 6.45) is 2.22. The van der Waals surface area contributed by atoms with Crippen molar-refractivity contribution in [2.24, 2.45) is 11.8 Å². The van der Waals surface area contributed by atoms with E-state index >= 15 is 4.39 Å². The molecule has 0 bridgehead atoms. The average molecular weight is 645 g/mol. The molecule has 0 spiro atoms. The van der Waals surface area contributed by atoms with Gasteiger partial charge in [0, 0.05) is 22.7 Å². The number of nitrogens with zero attached hydrogens (tertiary/aromatic N) is 6. The Morgan fingerprint density at radius 1 is 1.20 bits per heavy atom. The van der Waals surface area contributed by atoms with Crippen LogP contribution in [0.1, 0.15) is 30.5 Å². The molecule has 14 heteroatoms. The van der Waals surface area contributed by atoms with Gasteiger partial charge in [0.1, 0.15) is 40.6 Å². The Kier molecular flexibility index (Phi) is 6.76. The molecule has 1 aliphatic heterocycles. The Balaban J connectivity index is 1.55. The van der Waals surface area contributed by atoms with Crippen LogP contribution in [0, 0.1) is 46.1 Å². The normalized spacial score (nSPS) is 19.4. The van der Waals surface area contributed by atoms with Crippen molar-refractivity contribution in [2.45, 2.75) is 25.4 Å². The average Bonchev–Trinajstić information content (AvgIpc) is 3.77. The first-order valence-corrected chi connectivity index (χ1v) is 15.1.